The number of halogens is 2. The summed E-state index contributed by atoms with van der Waals surface area (Å²) in [7, 11) is 0. The molecule has 0 aromatic heterocycles. The summed E-state index contributed by atoms with van der Waals surface area (Å²) in [5.41, 5.74) is 5.58. The molecular weight excluding hydrogens is 249 g/mol. The average molecular weight is 262 g/mol. The van der Waals surface area contributed by atoms with Gasteiger partial charge in [-0.05, 0) is 42.8 Å². The lowest BCUT2D eigenvalue weighted by Gasteiger charge is -2.22. The Morgan fingerprint density at radius 1 is 1.36 bits per heavy atom. The third kappa shape index (κ3) is 2.87. The first-order chi connectivity index (χ1) is 6.29. The molecule has 0 bridgehead atoms. The average Bonchev–Trinajstić information content (AvgIpc) is 1.97. The normalized spacial score (nSPS) is 11.5. The van der Waals surface area contributed by atoms with E-state index in [1.54, 1.807) is 0 Å². The number of ether oxygens (including phenoxy) is 1. The van der Waals surface area contributed by atoms with E-state index in [0.29, 0.717) is 15.9 Å². The first-order valence-electron chi connectivity index (χ1n) is 4.23. The summed E-state index contributed by atoms with van der Waals surface area (Å²) in [6.07, 6.45) is 0. The lowest BCUT2D eigenvalue weighted by Crippen LogP contribution is -2.23. The Morgan fingerprint density at radius 2 is 1.93 bits per heavy atom. The first kappa shape index (κ1) is 11.3. The van der Waals surface area contributed by atoms with Crippen LogP contribution in [0.3, 0.4) is 0 Å². The second kappa shape index (κ2) is 3.77. The van der Waals surface area contributed by atoms with Crippen LogP contribution in [-0.2, 0) is 0 Å². The monoisotopic (exact) mass is 261 g/mol. The van der Waals surface area contributed by atoms with Crippen LogP contribution in [0.5, 0.6) is 5.75 Å². The van der Waals surface area contributed by atoms with Gasteiger partial charge in [0, 0.05) is 6.07 Å². The molecule has 0 saturated heterocycles. The van der Waals surface area contributed by atoms with Crippen LogP contribution in [0.4, 0.5) is 10.1 Å². The van der Waals surface area contributed by atoms with E-state index in [9.17, 15) is 4.39 Å². The van der Waals surface area contributed by atoms with Crippen molar-refractivity contribution in [3.05, 3.63) is 22.4 Å². The number of benzene rings is 1. The van der Waals surface area contributed by atoms with Crippen molar-refractivity contribution >= 4 is 21.6 Å². The summed E-state index contributed by atoms with van der Waals surface area (Å²) in [6.45, 7) is 5.72. The molecule has 1 aromatic carbocycles. The van der Waals surface area contributed by atoms with Crippen LogP contribution in [0.2, 0.25) is 0 Å². The van der Waals surface area contributed by atoms with Crippen molar-refractivity contribution in [1.29, 1.82) is 0 Å². The molecule has 78 valence electrons. The largest absolute Gasteiger partial charge is 0.486 e. The number of rotatable bonds is 1. The molecule has 1 rings (SSSR count). The van der Waals surface area contributed by atoms with Gasteiger partial charge in [-0.25, -0.2) is 4.39 Å². The highest BCUT2D eigenvalue weighted by atomic mass is 79.9. The number of hydrogen-bond donors (Lipinski definition) is 1. The van der Waals surface area contributed by atoms with Gasteiger partial charge in [-0.3, -0.25) is 0 Å². The molecule has 0 spiro atoms. The fourth-order valence-electron chi connectivity index (χ4n) is 0.962. The van der Waals surface area contributed by atoms with Crippen molar-refractivity contribution in [3.8, 4) is 5.75 Å². The van der Waals surface area contributed by atoms with Gasteiger partial charge in [-0.2, -0.15) is 0 Å². The Hall–Kier alpha value is -0.770. The van der Waals surface area contributed by atoms with E-state index in [-0.39, 0.29) is 11.4 Å². The summed E-state index contributed by atoms with van der Waals surface area (Å²) < 4.78 is 18.9. The highest BCUT2D eigenvalue weighted by molar-refractivity contribution is 9.10. The van der Waals surface area contributed by atoms with E-state index in [0.717, 1.165) is 0 Å². The van der Waals surface area contributed by atoms with E-state index in [4.69, 9.17) is 10.5 Å². The maximum absolute atomic E-state index is 13.0. The number of nitrogen functional groups attached to an aromatic ring is 1. The molecule has 0 aliphatic rings. The Labute approximate surface area is 91.4 Å². The second-order valence-electron chi connectivity index (χ2n) is 4.02. The molecule has 0 heterocycles. The van der Waals surface area contributed by atoms with Gasteiger partial charge < -0.3 is 10.5 Å². The van der Waals surface area contributed by atoms with Gasteiger partial charge in [-0.15, -0.1) is 0 Å². The minimum absolute atomic E-state index is 0.306. The van der Waals surface area contributed by atoms with Crippen molar-refractivity contribution in [2.24, 2.45) is 0 Å². The van der Waals surface area contributed by atoms with Crippen molar-refractivity contribution < 1.29 is 9.13 Å². The van der Waals surface area contributed by atoms with Gasteiger partial charge in [0.15, 0.2) is 0 Å². The van der Waals surface area contributed by atoms with Gasteiger partial charge in [0.25, 0.3) is 0 Å². The topological polar surface area (TPSA) is 35.2 Å². The van der Waals surface area contributed by atoms with Crippen LogP contribution in [0.25, 0.3) is 0 Å². The molecule has 0 aliphatic heterocycles. The van der Waals surface area contributed by atoms with Crippen LogP contribution in [0.15, 0.2) is 16.6 Å². The molecule has 2 nitrogen and oxygen atoms in total. The van der Waals surface area contributed by atoms with Crippen molar-refractivity contribution in [3.63, 3.8) is 0 Å². The molecule has 0 aliphatic carbocycles. The van der Waals surface area contributed by atoms with Gasteiger partial charge in [0.2, 0.25) is 0 Å². The molecule has 2 N–H and O–H groups in total. The Bertz CT molecular complexity index is 347. The fourth-order valence-corrected chi connectivity index (χ4v) is 1.28. The zero-order chi connectivity index (χ0) is 10.9. The summed E-state index contributed by atoms with van der Waals surface area (Å²) in [6, 6.07) is 2.78. The highest BCUT2D eigenvalue weighted by Gasteiger charge is 2.15. The summed E-state index contributed by atoms with van der Waals surface area (Å²) in [4.78, 5) is 0. The van der Waals surface area contributed by atoms with Crippen molar-refractivity contribution in [2.75, 3.05) is 5.73 Å². The Morgan fingerprint density at radius 3 is 2.43 bits per heavy atom. The van der Waals surface area contributed by atoms with E-state index < -0.39 is 0 Å². The van der Waals surface area contributed by atoms with Crippen LogP contribution in [0, 0.1) is 5.82 Å². The summed E-state index contributed by atoms with van der Waals surface area (Å²) >= 11 is 3.08. The van der Waals surface area contributed by atoms with E-state index >= 15 is 0 Å². The molecule has 4 heteroatoms. The fraction of sp³-hybridized carbons (Fsp3) is 0.400. The third-order valence-electron chi connectivity index (χ3n) is 1.47. The van der Waals surface area contributed by atoms with Crippen molar-refractivity contribution in [2.45, 2.75) is 26.4 Å². The summed E-state index contributed by atoms with van der Waals surface area (Å²) in [5, 5.41) is 0. The van der Waals surface area contributed by atoms with Crippen LogP contribution in [0.1, 0.15) is 20.8 Å². The third-order valence-corrected chi connectivity index (χ3v) is 2.08. The SMILES string of the molecule is CC(C)(C)Oc1cc(Br)c(F)cc1N. The summed E-state index contributed by atoms with van der Waals surface area (Å²) in [5.74, 6) is 0.106. The minimum Gasteiger partial charge on any atom is -0.486 e. The first-order valence-corrected chi connectivity index (χ1v) is 5.02. The van der Waals surface area contributed by atoms with E-state index in [1.165, 1.54) is 12.1 Å². The molecule has 0 atom stereocenters. The highest BCUT2D eigenvalue weighted by Crippen LogP contribution is 2.30. The Kier molecular flexibility index (Phi) is 3.04. The Balaban J connectivity index is 3.04. The zero-order valence-corrected chi connectivity index (χ0v) is 9.98. The molecule has 0 saturated carbocycles. The van der Waals surface area contributed by atoms with Crippen LogP contribution < -0.4 is 10.5 Å². The molecular formula is C10H13BrFNO. The van der Waals surface area contributed by atoms with Gasteiger partial charge in [-0.1, -0.05) is 0 Å². The molecule has 0 fully saturated rings. The lowest BCUT2D eigenvalue weighted by atomic mass is 10.2. The van der Waals surface area contributed by atoms with Gasteiger partial charge in [0.05, 0.1) is 10.2 Å². The van der Waals surface area contributed by atoms with E-state index in [1.807, 2.05) is 20.8 Å². The maximum atomic E-state index is 13.0. The molecule has 0 amide bonds. The smallest absolute Gasteiger partial charge is 0.144 e. The number of hydrogen-bond acceptors (Lipinski definition) is 2. The minimum atomic E-state index is -0.385. The van der Waals surface area contributed by atoms with Crippen LogP contribution in [-0.4, -0.2) is 5.60 Å². The standard InChI is InChI=1S/C10H13BrFNO/c1-10(2,3)14-9-4-6(11)7(12)5-8(9)13/h4-5H,13H2,1-3H3. The lowest BCUT2D eigenvalue weighted by molar-refractivity contribution is 0.132. The second-order valence-corrected chi connectivity index (χ2v) is 4.87. The molecule has 1 aromatic rings. The molecule has 0 unspecified atom stereocenters. The predicted octanol–water partition coefficient (Wildman–Crippen LogP) is 3.35. The van der Waals surface area contributed by atoms with E-state index in [2.05, 4.69) is 15.9 Å². The number of nitrogens with two attached hydrogens (primary N) is 1. The molecule has 0 radical (unpaired) electrons. The quantitative estimate of drug-likeness (QED) is 0.788. The van der Waals surface area contributed by atoms with Gasteiger partial charge >= 0.3 is 0 Å². The molecule has 14 heavy (non-hydrogen) atoms. The van der Waals surface area contributed by atoms with Crippen LogP contribution >= 0.6 is 15.9 Å². The van der Waals surface area contributed by atoms with Gasteiger partial charge in [0.1, 0.15) is 17.2 Å². The zero-order valence-electron chi connectivity index (χ0n) is 8.40. The number of anilines is 1. The maximum Gasteiger partial charge on any atom is 0.144 e. The predicted molar refractivity (Wildman–Crippen MR) is 58.9 cm³/mol. The van der Waals surface area contributed by atoms with Crippen molar-refractivity contribution in [1.82, 2.24) is 0 Å².